The SMILES string of the molecule is CN(C)c1cc(Nc2ccc(Cl)cc2)sc1C(=O)c1ccccc1. The summed E-state index contributed by atoms with van der Waals surface area (Å²) in [6.07, 6.45) is 0. The van der Waals surface area contributed by atoms with Gasteiger partial charge in [0.25, 0.3) is 0 Å². The summed E-state index contributed by atoms with van der Waals surface area (Å²) in [6, 6.07) is 18.8. The molecular formula is C19H17ClN2OS. The van der Waals surface area contributed by atoms with Gasteiger partial charge >= 0.3 is 0 Å². The quantitative estimate of drug-likeness (QED) is 0.617. The molecule has 3 nitrogen and oxygen atoms in total. The van der Waals surface area contributed by atoms with E-state index < -0.39 is 0 Å². The summed E-state index contributed by atoms with van der Waals surface area (Å²) in [5, 5.41) is 4.95. The largest absolute Gasteiger partial charge is 0.376 e. The lowest BCUT2D eigenvalue weighted by molar-refractivity contribution is 0.104. The van der Waals surface area contributed by atoms with Crippen molar-refractivity contribution in [3.05, 3.63) is 76.1 Å². The Morgan fingerprint density at radius 2 is 1.71 bits per heavy atom. The molecule has 0 aliphatic rings. The van der Waals surface area contributed by atoms with Gasteiger partial charge < -0.3 is 10.2 Å². The standard InChI is InChI=1S/C19H17ClN2OS/c1-22(2)16-12-17(21-15-10-8-14(20)9-11-15)24-19(16)18(23)13-6-4-3-5-7-13/h3-12,21H,1-2H3. The first-order chi connectivity index (χ1) is 11.5. The maximum Gasteiger partial charge on any atom is 0.205 e. The van der Waals surface area contributed by atoms with Gasteiger partial charge in [-0.1, -0.05) is 41.9 Å². The van der Waals surface area contributed by atoms with Crippen molar-refractivity contribution in [2.24, 2.45) is 0 Å². The first-order valence-corrected chi connectivity index (χ1v) is 8.67. The average molecular weight is 357 g/mol. The van der Waals surface area contributed by atoms with Crippen LogP contribution in [-0.4, -0.2) is 19.9 Å². The molecule has 0 saturated carbocycles. The Hall–Kier alpha value is -2.30. The number of carbonyl (C=O) groups excluding carboxylic acids is 1. The van der Waals surface area contributed by atoms with Crippen molar-refractivity contribution in [3.8, 4) is 0 Å². The average Bonchev–Trinajstić information content (AvgIpc) is 3.01. The fourth-order valence-electron chi connectivity index (χ4n) is 2.33. The van der Waals surface area contributed by atoms with Gasteiger partial charge in [0.15, 0.2) is 0 Å². The topological polar surface area (TPSA) is 32.3 Å². The van der Waals surface area contributed by atoms with Crippen LogP contribution in [0.3, 0.4) is 0 Å². The summed E-state index contributed by atoms with van der Waals surface area (Å²) in [4.78, 5) is 15.5. The molecular weight excluding hydrogens is 340 g/mol. The van der Waals surface area contributed by atoms with Gasteiger partial charge in [0, 0.05) is 30.4 Å². The molecule has 0 amide bonds. The molecule has 24 heavy (non-hydrogen) atoms. The maximum absolute atomic E-state index is 12.8. The first kappa shape index (κ1) is 16.6. The second kappa shape index (κ2) is 7.07. The summed E-state index contributed by atoms with van der Waals surface area (Å²) in [5.41, 5.74) is 2.54. The van der Waals surface area contributed by atoms with Crippen molar-refractivity contribution in [1.82, 2.24) is 0 Å². The van der Waals surface area contributed by atoms with Crippen LogP contribution in [0, 0.1) is 0 Å². The van der Waals surface area contributed by atoms with Crippen LogP contribution in [-0.2, 0) is 0 Å². The number of hydrogen-bond acceptors (Lipinski definition) is 4. The number of ketones is 1. The van der Waals surface area contributed by atoms with Gasteiger partial charge in [-0.3, -0.25) is 4.79 Å². The van der Waals surface area contributed by atoms with Crippen LogP contribution in [0.15, 0.2) is 60.7 Å². The minimum Gasteiger partial charge on any atom is -0.376 e. The van der Waals surface area contributed by atoms with Crippen LogP contribution in [0.1, 0.15) is 15.2 Å². The molecule has 0 unspecified atom stereocenters. The Morgan fingerprint density at radius 3 is 2.33 bits per heavy atom. The van der Waals surface area contributed by atoms with E-state index in [0.29, 0.717) is 10.6 Å². The third-order valence-corrected chi connectivity index (χ3v) is 4.84. The normalized spacial score (nSPS) is 10.5. The Labute approximate surface area is 150 Å². The summed E-state index contributed by atoms with van der Waals surface area (Å²) < 4.78 is 0. The van der Waals surface area contributed by atoms with Gasteiger partial charge in [0.05, 0.1) is 10.7 Å². The highest BCUT2D eigenvalue weighted by Gasteiger charge is 2.19. The number of anilines is 3. The van der Waals surface area contributed by atoms with Gasteiger partial charge in [0.2, 0.25) is 5.78 Å². The number of nitrogens with zero attached hydrogens (tertiary/aromatic N) is 1. The highest BCUT2D eigenvalue weighted by atomic mass is 35.5. The van der Waals surface area contributed by atoms with Crippen molar-refractivity contribution < 1.29 is 4.79 Å². The molecule has 3 aromatic rings. The highest BCUT2D eigenvalue weighted by molar-refractivity contribution is 7.18. The molecule has 5 heteroatoms. The van der Waals surface area contributed by atoms with Gasteiger partial charge in [-0.2, -0.15) is 0 Å². The minimum absolute atomic E-state index is 0.0356. The van der Waals surface area contributed by atoms with E-state index in [4.69, 9.17) is 11.6 Å². The lowest BCUT2D eigenvalue weighted by Gasteiger charge is -2.12. The number of halogens is 1. The van der Waals surface area contributed by atoms with Gasteiger partial charge in [-0.25, -0.2) is 0 Å². The Balaban J connectivity index is 1.93. The molecule has 0 radical (unpaired) electrons. The van der Waals surface area contributed by atoms with E-state index in [1.165, 1.54) is 11.3 Å². The molecule has 0 aliphatic carbocycles. The monoisotopic (exact) mass is 356 g/mol. The number of carbonyl (C=O) groups is 1. The zero-order valence-corrected chi connectivity index (χ0v) is 15.0. The Bertz CT molecular complexity index is 842. The van der Waals surface area contributed by atoms with Crippen LogP contribution in [0.25, 0.3) is 0 Å². The van der Waals surface area contributed by atoms with Crippen molar-refractivity contribution in [1.29, 1.82) is 0 Å². The fraction of sp³-hybridized carbons (Fsp3) is 0.105. The molecule has 0 bridgehead atoms. The lowest BCUT2D eigenvalue weighted by Crippen LogP contribution is -2.12. The summed E-state index contributed by atoms with van der Waals surface area (Å²) >= 11 is 7.37. The highest BCUT2D eigenvalue weighted by Crippen LogP contribution is 2.36. The van der Waals surface area contributed by atoms with E-state index in [1.807, 2.05) is 79.7 Å². The van der Waals surface area contributed by atoms with Crippen LogP contribution in [0.4, 0.5) is 16.4 Å². The van der Waals surface area contributed by atoms with Crippen molar-refractivity contribution in [3.63, 3.8) is 0 Å². The molecule has 122 valence electrons. The van der Waals surface area contributed by atoms with Crippen molar-refractivity contribution in [2.75, 3.05) is 24.3 Å². The van der Waals surface area contributed by atoms with Gasteiger partial charge in [-0.15, -0.1) is 11.3 Å². The minimum atomic E-state index is 0.0356. The van der Waals surface area contributed by atoms with E-state index >= 15 is 0 Å². The van der Waals surface area contributed by atoms with Crippen LogP contribution < -0.4 is 10.2 Å². The first-order valence-electron chi connectivity index (χ1n) is 7.48. The van der Waals surface area contributed by atoms with Crippen LogP contribution in [0.5, 0.6) is 0 Å². The van der Waals surface area contributed by atoms with E-state index in [0.717, 1.165) is 21.3 Å². The Morgan fingerprint density at radius 1 is 1.04 bits per heavy atom. The van der Waals surface area contributed by atoms with E-state index in [-0.39, 0.29) is 5.78 Å². The predicted octanol–water partition coefficient (Wildman–Crippen LogP) is 5.44. The molecule has 0 aliphatic heterocycles. The van der Waals surface area contributed by atoms with Gasteiger partial charge in [0.1, 0.15) is 4.88 Å². The van der Waals surface area contributed by atoms with Crippen molar-refractivity contribution >= 4 is 45.1 Å². The van der Waals surface area contributed by atoms with E-state index in [9.17, 15) is 4.79 Å². The zero-order chi connectivity index (χ0) is 17.1. The molecule has 2 aromatic carbocycles. The number of benzene rings is 2. The number of hydrogen-bond donors (Lipinski definition) is 1. The van der Waals surface area contributed by atoms with E-state index in [1.54, 1.807) is 0 Å². The molecule has 1 N–H and O–H groups in total. The number of rotatable bonds is 5. The fourth-order valence-corrected chi connectivity index (χ4v) is 3.58. The predicted molar refractivity (Wildman–Crippen MR) is 103 cm³/mol. The summed E-state index contributed by atoms with van der Waals surface area (Å²) in [7, 11) is 3.88. The molecule has 0 saturated heterocycles. The second-order valence-electron chi connectivity index (χ2n) is 5.55. The number of nitrogens with one attached hydrogen (secondary N) is 1. The molecule has 1 aromatic heterocycles. The zero-order valence-electron chi connectivity index (χ0n) is 13.4. The van der Waals surface area contributed by atoms with Crippen molar-refractivity contribution in [2.45, 2.75) is 0 Å². The molecule has 0 spiro atoms. The van der Waals surface area contributed by atoms with Crippen LogP contribution in [0.2, 0.25) is 5.02 Å². The van der Waals surface area contributed by atoms with Gasteiger partial charge in [-0.05, 0) is 30.3 Å². The Kier molecular flexibility index (Phi) is 4.88. The molecule has 0 atom stereocenters. The summed E-state index contributed by atoms with van der Waals surface area (Å²) in [5.74, 6) is 0.0356. The third kappa shape index (κ3) is 3.61. The second-order valence-corrected chi connectivity index (χ2v) is 7.04. The maximum atomic E-state index is 12.8. The third-order valence-electron chi connectivity index (χ3n) is 3.55. The molecule has 3 rings (SSSR count). The molecule has 0 fully saturated rings. The van der Waals surface area contributed by atoms with Crippen LogP contribution >= 0.6 is 22.9 Å². The lowest BCUT2D eigenvalue weighted by atomic mass is 10.1. The van der Waals surface area contributed by atoms with E-state index in [2.05, 4.69) is 5.32 Å². The number of thiophene rings is 1. The summed E-state index contributed by atoms with van der Waals surface area (Å²) in [6.45, 7) is 0. The smallest absolute Gasteiger partial charge is 0.205 e. The molecule has 1 heterocycles.